The summed E-state index contributed by atoms with van der Waals surface area (Å²) in [6.07, 6.45) is 5.43. The Morgan fingerprint density at radius 3 is 2.84 bits per heavy atom. The molecule has 19 heavy (non-hydrogen) atoms. The van der Waals surface area contributed by atoms with E-state index in [1.165, 1.54) is 23.5 Å². The summed E-state index contributed by atoms with van der Waals surface area (Å²) < 4.78 is 2.03. The minimum Gasteiger partial charge on any atom is -0.309 e. The monoisotopic (exact) mass is 299 g/mol. The van der Waals surface area contributed by atoms with Gasteiger partial charge in [0.2, 0.25) is 0 Å². The summed E-state index contributed by atoms with van der Waals surface area (Å²) in [6.45, 7) is 8.76. The van der Waals surface area contributed by atoms with Gasteiger partial charge in [-0.25, -0.2) is 0 Å². The van der Waals surface area contributed by atoms with Gasteiger partial charge in [0.05, 0.1) is 6.20 Å². The molecule has 1 N–H and O–H groups in total. The molecule has 1 fully saturated rings. The van der Waals surface area contributed by atoms with E-state index in [2.05, 4.69) is 60.9 Å². The zero-order valence-corrected chi connectivity index (χ0v) is 13.8. The standard InChI is InChI=1S/C14H25N3S2/c1-4-6-15-13(12-9-16-17(5-2)10-12)14-11(3)18-7-8-19-14/h9-11,13-15H,4-8H2,1-3H3. The Balaban J connectivity index is 2.13. The van der Waals surface area contributed by atoms with Crippen molar-refractivity contribution in [3.8, 4) is 0 Å². The molecule has 108 valence electrons. The Hall–Kier alpha value is -0.130. The fraction of sp³-hybridized carbons (Fsp3) is 0.786. The fourth-order valence-corrected chi connectivity index (χ4v) is 5.40. The van der Waals surface area contributed by atoms with Gasteiger partial charge in [-0.05, 0) is 19.9 Å². The van der Waals surface area contributed by atoms with Crippen molar-refractivity contribution in [1.29, 1.82) is 0 Å². The zero-order valence-electron chi connectivity index (χ0n) is 12.1. The summed E-state index contributed by atoms with van der Waals surface area (Å²) >= 11 is 4.23. The lowest BCUT2D eigenvalue weighted by atomic mass is 10.0. The van der Waals surface area contributed by atoms with E-state index in [1.54, 1.807) is 0 Å². The van der Waals surface area contributed by atoms with Crippen molar-refractivity contribution in [2.24, 2.45) is 0 Å². The van der Waals surface area contributed by atoms with Gasteiger partial charge >= 0.3 is 0 Å². The molecule has 3 atom stereocenters. The third-order valence-electron chi connectivity index (χ3n) is 3.52. The number of aryl methyl sites for hydroxylation is 1. The van der Waals surface area contributed by atoms with Crippen molar-refractivity contribution in [2.45, 2.75) is 50.3 Å². The second-order valence-corrected chi connectivity index (χ2v) is 7.74. The van der Waals surface area contributed by atoms with E-state index in [1.807, 2.05) is 10.9 Å². The summed E-state index contributed by atoms with van der Waals surface area (Å²) in [4.78, 5) is 0. The third-order valence-corrected chi connectivity index (χ3v) is 6.71. The van der Waals surface area contributed by atoms with E-state index in [0.29, 0.717) is 16.5 Å². The first kappa shape index (κ1) is 15.3. The predicted octanol–water partition coefficient (Wildman–Crippen LogP) is 3.18. The van der Waals surface area contributed by atoms with Gasteiger partial charge in [0, 0.05) is 46.4 Å². The second-order valence-electron chi connectivity index (χ2n) is 4.97. The number of hydrogen-bond acceptors (Lipinski definition) is 4. The van der Waals surface area contributed by atoms with Gasteiger partial charge in [0.25, 0.3) is 0 Å². The van der Waals surface area contributed by atoms with Gasteiger partial charge in [-0.1, -0.05) is 13.8 Å². The Morgan fingerprint density at radius 1 is 1.42 bits per heavy atom. The number of nitrogens with zero attached hydrogens (tertiary/aromatic N) is 2. The lowest BCUT2D eigenvalue weighted by Gasteiger charge is -2.34. The van der Waals surface area contributed by atoms with Crippen LogP contribution in [0.4, 0.5) is 0 Å². The number of thioether (sulfide) groups is 2. The smallest absolute Gasteiger partial charge is 0.0538 e. The van der Waals surface area contributed by atoms with Gasteiger partial charge < -0.3 is 5.32 Å². The molecule has 0 aliphatic carbocycles. The van der Waals surface area contributed by atoms with Crippen LogP contribution in [-0.2, 0) is 6.54 Å². The highest BCUT2D eigenvalue weighted by Gasteiger charge is 2.31. The molecular formula is C14H25N3S2. The maximum atomic E-state index is 4.44. The largest absolute Gasteiger partial charge is 0.309 e. The van der Waals surface area contributed by atoms with Gasteiger partial charge in [-0.2, -0.15) is 28.6 Å². The molecular weight excluding hydrogens is 274 g/mol. The van der Waals surface area contributed by atoms with Crippen molar-refractivity contribution in [1.82, 2.24) is 15.1 Å². The van der Waals surface area contributed by atoms with Crippen LogP contribution in [0, 0.1) is 0 Å². The van der Waals surface area contributed by atoms with E-state index in [9.17, 15) is 0 Å². The first-order chi connectivity index (χ1) is 9.26. The minimum atomic E-state index is 0.438. The molecule has 2 rings (SSSR count). The van der Waals surface area contributed by atoms with Gasteiger partial charge in [0.1, 0.15) is 0 Å². The molecule has 0 amide bonds. The minimum absolute atomic E-state index is 0.438. The third kappa shape index (κ3) is 3.92. The highest BCUT2D eigenvalue weighted by Crippen LogP contribution is 2.38. The van der Waals surface area contributed by atoms with Crippen LogP contribution in [0.3, 0.4) is 0 Å². The lowest BCUT2D eigenvalue weighted by Crippen LogP contribution is -2.38. The first-order valence-electron chi connectivity index (χ1n) is 7.25. The number of rotatable bonds is 6. The molecule has 0 radical (unpaired) electrons. The van der Waals surface area contributed by atoms with Crippen LogP contribution in [-0.4, -0.2) is 38.3 Å². The Bertz CT molecular complexity index is 381. The maximum absolute atomic E-state index is 4.44. The molecule has 1 saturated heterocycles. The normalized spacial score (nSPS) is 25.4. The van der Waals surface area contributed by atoms with Crippen LogP contribution >= 0.6 is 23.5 Å². The summed E-state index contributed by atoms with van der Waals surface area (Å²) in [5.74, 6) is 2.56. The highest BCUT2D eigenvalue weighted by atomic mass is 32.2. The lowest BCUT2D eigenvalue weighted by molar-refractivity contribution is 0.508. The van der Waals surface area contributed by atoms with Crippen molar-refractivity contribution >= 4 is 23.5 Å². The van der Waals surface area contributed by atoms with E-state index in [-0.39, 0.29) is 0 Å². The Labute approximate surface area is 125 Å². The van der Waals surface area contributed by atoms with Crippen molar-refractivity contribution < 1.29 is 0 Å². The molecule has 5 heteroatoms. The molecule has 0 spiro atoms. The Morgan fingerprint density at radius 2 is 2.21 bits per heavy atom. The topological polar surface area (TPSA) is 29.9 Å². The van der Waals surface area contributed by atoms with Gasteiger partial charge in [-0.15, -0.1) is 0 Å². The van der Waals surface area contributed by atoms with E-state index < -0.39 is 0 Å². The number of aromatic nitrogens is 2. The van der Waals surface area contributed by atoms with Crippen molar-refractivity contribution in [2.75, 3.05) is 18.1 Å². The number of hydrogen-bond donors (Lipinski definition) is 1. The van der Waals surface area contributed by atoms with Gasteiger partial charge in [0.15, 0.2) is 0 Å². The van der Waals surface area contributed by atoms with Crippen LogP contribution in [0.25, 0.3) is 0 Å². The Kier molecular flexibility index (Phi) is 6.10. The molecule has 1 aliphatic heterocycles. The average molecular weight is 300 g/mol. The van der Waals surface area contributed by atoms with Crippen LogP contribution in [0.5, 0.6) is 0 Å². The summed E-state index contributed by atoms with van der Waals surface area (Å²) in [7, 11) is 0. The number of nitrogens with one attached hydrogen (secondary N) is 1. The molecule has 1 aromatic heterocycles. The molecule has 0 bridgehead atoms. The van der Waals surface area contributed by atoms with E-state index >= 15 is 0 Å². The van der Waals surface area contributed by atoms with Crippen LogP contribution in [0.1, 0.15) is 38.8 Å². The summed E-state index contributed by atoms with van der Waals surface area (Å²) in [5, 5.41) is 9.54. The summed E-state index contributed by atoms with van der Waals surface area (Å²) in [6, 6.07) is 0.438. The summed E-state index contributed by atoms with van der Waals surface area (Å²) in [5.41, 5.74) is 1.35. The molecule has 2 heterocycles. The zero-order chi connectivity index (χ0) is 13.7. The average Bonchev–Trinajstić information content (AvgIpc) is 2.90. The van der Waals surface area contributed by atoms with Crippen molar-refractivity contribution in [3.05, 3.63) is 18.0 Å². The van der Waals surface area contributed by atoms with E-state index in [4.69, 9.17) is 0 Å². The van der Waals surface area contributed by atoms with Crippen LogP contribution in [0.2, 0.25) is 0 Å². The van der Waals surface area contributed by atoms with Crippen molar-refractivity contribution in [3.63, 3.8) is 0 Å². The van der Waals surface area contributed by atoms with Crippen LogP contribution in [0.15, 0.2) is 12.4 Å². The SMILES string of the molecule is CCCNC(c1cnn(CC)c1)C1SCCSC1C. The molecule has 1 aromatic rings. The molecule has 3 nitrogen and oxygen atoms in total. The quantitative estimate of drug-likeness (QED) is 0.874. The van der Waals surface area contributed by atoms with E-state index in [0.717, 1.165) is 13.1 Å². The fourth-order valence-electron chi connectivity index (χ4n) is 2.45. The predicted molar refractivity (Wildman–Crippen MR) is 87.1 cm³/mol. The first-order valence-corrected chi connectivity index (χ1v) is 9.35. The molecule has 0 saturated carbocycles. The molecule has 0 aromatic carbocycles. The highest BCUT2D eigenvalue weighted by molar-refractivity contribution is 8.07. The molecule has 1 aliphatic rings. The maximum Gasteiger partial charge on any atom is 0.0538 e. The van der Waals surface area contributed by atoms with Crippen LogP contribution < -0.4 is 5.32 Å². The molecule has 3 unspecified atom stereocenters. The second kappa shape index (κ2) is 7.60. The van der Waals surface area contributed by atoms with Gasteiger partial charge in [-0.3, -0.25) is 4.68 Å².